The van der Waals surface area contributed by atoms with Crippen molar-refractivity contribution in [3.8, 4) is 11.5 Å². The molecule has 0 amide bonds. The van der Waals surface area contributed by atoms with E-state index >= 15 is 0 Å². The van der Waals surface area contributed by atoms with E-state index in [1.807, 2.05) is 12.1 Å². The largest absolute Gasteiger partial charge is 0.497 e. The Balaban J connectivity index is 1.49. The summed E-state index contributed by atoms with van der Waals surface area (Å²) >= 11 is 0. The van der Waals surface area contributed by atoms with E-state index in [1.165, 1.54) is 44.8 Å². The zero-order valence-corrected chi connectivity index (χ0v) is 22.2. The van der Waals surface area contributed by atoms with Crippen molar-refractivity contribution in [3.05, 3.63) is 81.9 Å². The van der Waals surface area contributed by atoms with Crippen LogP contribution in [0.25, 0.3) is 0 Å². The molecular formula is C31H38N2O2. The molecule has 1 atom stereocenters. The lowest BCUT2D eigenvalue weighted by molar-refractivity contribution is 0.121. The second-order valence-electron chi connectivity index (χ2n) is 10.7. The average molecular weight is 471 g/mol. The normalized spacial score (nSPS) is 18.9. The molecule has 4 heteroatoms. The maximum atomic E-state index is 6.69. The predicted octanol–water partition coefficient (Wildman–Crippen LogP) is 6.56. The van der Waals surface area contributed by atoms with Gasteiger partial charge in [0.25, 0.3) is 0 Å². The monoisotopic (exact) mass is 470 g/mol. The van der Waals surface area contributed by atoms with Gasteiger partial charge >= 0.3 is 0 Å². The van der Waals surface area contributed by atoms with Crippen molar-refractivity contribution in [1.82, 2.24) is 0 Å². The van der Waals surface area contributed by atoms with Gasteiger partial charge in [-0.3, -0.25) is 0 Å². The van der Waals surface area contributed by atoms with Crippen molar-refractivity contribution < 1.29 is 9.47 Å². The number of hydrogen-bond acceptors (Lipinski definition) is 4. The summed E-state index contributed by atoms with van der Waals surface area (Å²) in [6.07, 6.45) is 0. The highest BCUT2D eigenvalue weighted by atomic mass is 16.5. The Hall–Kier alpha value is -3.14. The number of fused-ring (bicyclic) bond motifs is 1. The lowest BCUT2D eigenvalue weighted by Gasteiger charge is -2.39. The second kappa shape index (κ2) is 8.82. The third-order valence-electron chi connectivity index (χ3n) is 8.02. The van der Waals surface area contributed by atoms with Gasteiger partial charge in [0, 0.05) is 43.1 Å². The van der Waals surface area contributed by atoms with Crippen molar-refractivity contribution >= 4 is 11.4 Å². The molecule has 2 aliphatic heterocycles. The van der Waals surface area contributed by atoms with Gasteiger partial charge in [-0.1, -0.05) is 29.8 Å². The molecule has 1 saturated heterocycles. The molecule has 0 spiro atoms. The van der Waals surface area contributed by atoms with Crippen LogP contribution in [0.1, 0.15) is 53.1 Å². The van der Waals surface area contributed by atoms with Gasteiger partial charge < -0.3 is 19.3 Å². The van der Waals surface area contributed by atoms with E-state index in [9.17, 15) is 0 Å². The first-order valence-electron chi connectivity index (χ1n) is 12.7. The topological polar surface area (TPSA) is 24.9 Å². The summed E-state index contributed by atoms with van der Waals surface area (Å²) in [5.41, 5.74) is 10.4. The number of hydrogen-bond donors (Lipinski definition) is 0. The number of nitrogens with zero attached hydrogens (tertiary/aromatic N) is 2. The van der Waals surface area contributed by atoms with Gasteiger partial charge in [-0.05, 0) is 88.1 Å². The number of aryl methyl sites for hydroxylation is 1. The quantitative estimate of drug-likeness (QED) is 0.431. The van der Waals surface area contributed by atoms with Crippen molar-refractivity contribution in [2.75, 3.05) is 43.1 Å². The summed E-state index contributed by atoms with van der Waals surface area (Å²) in [7, 11) is 1.71. The lowest BCUT2D eigenvalue weighted by atomic mass is 9.78. The van der Waals surface area contributed by atoms with Crippen LogP contribution in [0.4, 0.5) is 11.4 Å². The number of piperazine rings is 1. The SMILES string of the molecule is COc1ccc(N2CCN(c3c(C)c(C)c4c(c3C)C(c3cccc(C)c3)C(C)(C)O4)CC2)cc1. The van der Waals surface area contributed by atoms with Gasteiger partial charge in [0.1, 0.15) is 17.1 Å². The number of anilines is 2. The maximum Gasteiger partial charge on any atom is 0.127 e. The molecule has 0 saturated carbocycles. The summed E-state index contributed by atoms with van der Waals surface area (Å²) in [5.74, 6) is 2.22. The van der Waals surface area contributed by atoms with E-state index in [4.69, 9.17) is 9.47 Å². The molecule has 0 bridgehead atoms. The van der Waals surface area contributed by atoms with Crippen LogP contribution >= 0.6 is 0 Å². The summed E-state index contributed by atoms with van der Waals surface area (Å²) in [6.45, 7) is 17.5. The number of methoxy groups -OCH3 is 1. The van der Waals surface area contributed by atoms with Crippen molar-refractivity contribution in [1.29, 1.82) is 0 Å². The van der Waals surface area contributed by atoms with Crippen LogP contribution in [-0.2, 0) is 0 Å². The standard InChI is InChI=1S/C31H38N2O2/c1-20-9-8-10-24(19-20)28-27-23(4)29(21(2)22(3)30(27)35-31(28,5)6)33-17-15-32(16-18-33)25-11-13-26(34-7)14-12-25/h8-14,19,28H,15-18H2,1-7H3. The van der Waals surface area contributed by atoms with E-state index in [0.29, 0.717) is 0 Å². The van der Waals surface area contributed by atoms with Crippen LogP contribution in [-0.4, -0.2) is 38.9 Å². The van der Waals surface area contributed by atoms with Gasteiger partial charge in [0.15, 0.2) is 0 Å². The van der Waals surface area contributed by atoms with E-state index < -0.39 is 0 Å². The van der Waals surface area contributed by atoms with E-state index in [1.54, 1.807) is 7.11 Å². The van der Waals surface area contributed by atoms with Crippen LogP contribution in [0, 0.1) is 27.7 Å². The van der Waals surface area contributed by atoms with Crippen LogP contribution in [0.3, 0.4) is 0 Å². The molecule has 3 aromatic carbocycles. The molecule has 1 unspecified atom stereocenters. The van der Waals surface area contributed by atoms with E-state index in [-0.39, 0.29) is 11.5 Å². The van der Waals surface area contributed by atoms with E-state index in [2.05, 4.69) is 87.7 Å². The molecule has 0 aromatic heterocycles. The van der Waals surface area contributed by atoms with Gasteiger partial charge in [-0.15, -0.1) is 0 Å². The van der Waals surface area contributed by atoms with Crippen LogP contribution in [0.15, 0.2) is 48.5 Å². The highest BCUT2D eigenvalue weighted by Crippen LogP contribution is 2.54. The fourth-order valence-electron chi connectivity index (χ4n) is 6.15. The average Bonchev–Trinajstić information content (AvgIpc) is 3.14. The Morgan fingerprint density at radius 1 is 0.829 bits per heavy atom. The molecule has 2 aliphatic rings. The zero-order chi connectivity index (χ0) is 24.9. The highest BCUT2D eigenvalue weighted by Gasteiger charge is 2.45. The number of benzene rings is 3. The Bertz CT molecular complexity index is 1240. The molecule has 4 nitrogen and oxygen atoms in total. The molecule has 0 radical (unpaired) electrons. The Morgan fingerprint density at radius 3 is 2.11 bits per heavy atom. The first kappa shape index (κ1) is 23.6. The first-order chi connectivity index (χ1) is 16.7. The molecular weight excluding hydrogens is 432 g/mol. The summed E-state index contributed by atoms with van der Waals surface area (Å²) in [6, 6.07) is 17.4. The Labute approximate surface area is 210 Å². The van der Waals surface area contributed by atoms with Crippen molar-refractivity contribution in [2.24, 2.45) is 0 Å². The van der Waals surface area contributed by atoms with Gasteiger partial charge in [-0.25, -0.2) is 0 Å². The van der Waals surface area contributed by atoms with Gasteiger partial charge in [0.2, 0.25) is 0 Å². The van der Waals surface area contributed by atoms with Crippen molar-refractivity contribution in [2.45, 2.75) is 53.1 Å². The fourth-order valence-corrected chi connectivity index (χ4v) is 6.15. The molecule has 0 aliphatic carbocycles. The third-order valence-corrected chi connectivity index (χ3v) is 8.02. The minimum atomic E-state index is -0.288. The van der Waals surface area contributed by atoms with Crippen molar-refractivity contribution in [3.63, 3.8) is 0 Å². The molecule has 35 heavy (non-hydrogen) atoms. The highest BCUT2D eigenvalue weighted by molar-refractivity contribution is 5.72. The second-order valence-corrected chi connectivity index (χ2v) is 10.7. The minimum absolute atomic E-state index is 0.219. The Kier molecular flexibility index (Phi) is 5.94. The van der Waals surface area contributed by atoms with E-state index in [0.717, 1.165) is 37.7 Å². The first-order valence-corrected chi connectivity index (χ1v) is 12.7. The van der Waals surface area contributed by atoms with Crippen LogP contribution in [0.2, 0.25) is 0 Å². The molecule has 2 heterocycles. The fraction of sp³-hybridized carbons (Fsp3) is 0.419. The summed E-state index contributed by atoms with van der Waals surface area (Å²) in [5, 5.41) is 0. The summed E-state index contributed by atoms with van der Waals surface area (Å²) < 4.78 is 12.0. The molecule has 1 fully saturated rings. The lowest BCUT2D eigenvalue weighted by Crippen LogP contribution is -2.47. The smallest absolute Gasteiger partial charge is 0.127 e. The third kappa shape index (κ3) is 4.03. The zero-order valence-electron chi connectivity index (χ0n) is 22.2. The molecule has 5 rings (SSSR count). The predicted molar refractivity (Wildman–Crippen MR) is 146 cm³/mol. The molecule has 0 N–H and O–H groups in total. The van der Waals surface area contributed by atoms with Crippen LogP contribution < -0.4 is 19.3 Å². The number of rotatable bonds is 4. The summed E-state index contributed by atoms with van der Waals surface area (Å²) in [4.78, 5) is 5.07. The molecule has 184 valence electrons. The number of ether oxygens (including phenoxy) is 2. The Morgan fingerprint density at radius 2 is 1.49 bits per heavy atom. The van der Waals surface area contributed by atoms with Crippen LogP contribution in [0.5, 0.6) is 11.5 Å². The minimum Gasteiger partial charge on any atom is -0.497 e. The molecule has 3 aromatic rings. The van der Waals surface area contributed by atoms with Gasteiger partial charge in [-0.2, -0.15) is 0 Å². The maximum absolute atomic E-state index is 6.69. The van der Waals surface area contributed by atoms with Gasteiger partial charge in [0.05, 0.1) is 13.0 Å².